The van der Waals surface area contributed by atoms with E-state index in [9.17, 15) is 4.79 Å². The molecule has 0 fully saturated rings. The van der Waals surface area contributed by atoms with Crippen LogP contribution in [0, 0.1) is 0 Å². The van der Waals surface area contributed by atoms with Crippen LogP contribution in [0.1, 0.15) is 19.4 Å². The highest BCUT2D eigenvalue weighted by molar-refractivity contribution is 5.81. The summed E-state index contributed by atoms with van der Waals surface area (Å²) in [7, 11) is 1.39. The largest absolute Gasteiger partial charge is 0.468 e. The molecule has 0 bridgehead atoms. The zero-order valence-corrected chi connectivity index (χ0v) is 10.8. The molecule has 4 nitrogen and oxygen atoms in total. The van der Waals surface area contributed by atoms with E-state index in [0.717, 1.165) is 16.5 Å². The van der Waals surface area contributed by atoms with Crippen molar-refractivity contribution in [3.63, 3.8) is 0 Å². The first kappa shape index (κ1) is 12.6. The Hall–Kier alpha value is -1.81. The van der Waals surface area contributed by atoms with Crippen molar-refractivity contribution in [1.29, 1.82) is 0 Å². The van der Waals surface area contributed by atoms with Crippen molar-refractivity contribution < 1.29 is 13.9 Å². The van der Waals surface area contributed by atoms with Crippen molar-refractivity contribution >= 4 is 16.9 Å². The Morgan fingerprint density at radius 1 is 1.39 bits per heavy atom. The van der Waals surface area contributed by atoms with E-state index in [0.29, 0.717) is 6.54 Å². The van der Waals surface area contributed by atoms with E-state index < -0.39 is 5.54 Å². The summed E-state index contributed by atoms with van der Waals surface area (Å²) in [5.41, 5.74) is 1.17. The van der Waals surface area contributed by atoms with Gasteiger partial charge in [-0.3, -0.25) is 10.1 Å². The normalized spacial score (nSPS) is 11.7. The van der Waals surface area contributed by atoms with Crippen molar-refractivity contribution in [3.8, 4) is 0 Å². The third-order valence-corrected chi connectivity index (χ3v) is 2.98. The van der Waals surface area contributed by atoms with Gasteiger partial charge in [-0.15, -0.1) is 0 Å². The predicted octanol–water partition coefficient (Wildman–Crippen LogP) is 2.47. The van der Waals surface area contributed by atoms with Gasteiger partial charge >= 0.3 is 5.97 Å². The van der Waals surface area contributed by atoms with Crippen molar-refractivity contribution in [2.45, 2.75) is 25.9 Å². The number of fused-ring (bicyclic) bond motifs is 1. The number of rotatable bonds is 4. The minimum Gasteiger partial charge on any atom is -0.468 e. The predicted molar refractivity (Wildman–Crippen MR) is 69.1 cm³/mol. The summed E-state index contributed by atoms with van der Waals surface area (Å²) >= 11 is 0. The molecule has 1 N–H and O–H groups in total. The van der Waals surface area contributed by atoms with Gasteiger partial charge in [-0.25, -0.2) is 0 Å². The second kappa shape index (κ2) is 4.82. The first-order valence-electron chi connectivity index (χ1n) is 5.83. The Balaban J connectivity index is 2.13. The van der Waals surface area contributed by atoms with Gasteiger partial charge < -0.3 is 9.15 Å². The Kier molecular flexibility index (Phi) is 3.39. The second-order valence-electron chi connectivity index (χ2n) is 4.73. The molecule has 2 aromatic rings. The maximum Gasteiger partial charge on any atom is 0.325 e. The first-order chi connectivity index (χ1) is 8.54. The Bertz CT molecular complexity index is 557. The Morgan fingerprint density at radius 2 is 2.11 bits per heavy atom. The number of methoxy groups -OCH3 is 1. The summed E-state index contributed by atoms with van der Waals surface area (Å²) in [4.78, 5) is 11.5. The lowest BCUT2D eigenvalue weighted by atomic mass is 10.1. The molecule has 0 spiro atoms. The third kappa shape index (κ3) is 2.38. The molecule has 2 rings (SSSR count). The molecule has 0 atom stereocenters. The molecular weight excluding hydrogens is 230 g/mol. The summed E-state index contributed by atoms with van der Waals surface area (Å²) in [5, 5.41) is 4.23. The van der Waals surface area contributed by atoms with Gasteiger partial charge in [0.25, 0.3) is 0 Å². The van der Waals surface area contributed by atoms with Gasteiger partial charge in [-0.05, 0) is 19.9 Å². The molecule has 18 heavy (non-hydrogen) atoms. The molecule has 0 aliphatic rings. The van der Waals surface area contributed by atoms with Crippen molar-refractivity contribution in [3.05, 3.63) is 36.1 Å². The summed E-state index contributed by atoms with van der Waals surface area (Å²) < 4.78 is 10.2. The Morgan fingerprint density at radius 3 is 2.83 bits per heavy atom. The van der Waals surface area contributed by atoms with E-state index in [1.54, 1.807) is 20.1 Å². The highest BCUT2D eigenvalue weighted by Crippen LogP contribution is 2.21. The number of furan rings is 1. The molecule has 0 aliphatic carbocycles. The molecule has 4 heteroatoms. The summed E-state index contributed by atoms with van der Waals surface area (Å²) in [6, 6.07) is 7.82. The van der Waals surface area contributed by atoms with Gasteiger partial charge in [-0.2, -0.15) is 0 Å². The molecule has 0 aliphatic heterocycles. The molecule has 0 radical (unpaired) electrons. The van der Waals surface area contributed by atoms with Crippen LogP contribution >= 0.6 is 0 Å². The fourth-order valence-electron chi connectivity index (χ4n) is 1.81. The van der Waals surface area contributed by atoms with Crippen LogP contribution in [0.5, 0.6) is 0 Å². The number of ether oxygens (including phenoxy) is 1. The zero-order valence-electron chi connectivity index (χ0n) is 10.8. The molecule has 1 aromatic carbocycles. The molecule has 1 heterocycles. The third-order valence-electron chi connectivity index (χ3n) is 2.98. The van der Waals surface area contributed by atoms with Crippen LogP contribution in [-0.2, 0) is 16.1 Å². The van der Waals surface area contributed by atoms with Crippen molar-refractivity contribution in [2.24, 2.45) is 0 Å². The first-order valence-corrected chi connectivity index (χ1v) is 5.83. The van der Waals surface area contributed by atoms with Gasteiger partial charge in [0.2, 0.25) is 0 Å². The number of benzene rings is 1. The van der Waals surface area contributed by atoms with E-state index in [-0.39, 0.29) is 5.97 Å². The average molecular weight is 247 g/mol. The van der Waals surface area contributed by atoms with Crippen LogP contribution in [0.25, 0.3) is 11.0 Å². The summed E-state index contributed by atoms with van der Waals surface area (Å²) in [5.74, 6) is -0.282. The van der Waals surface area contributed by atoms with Gasteiger partial charge in [0.05, 0.1) is 13.4 Å². The number of esters is 1. The van der Waals surface area contributed by atoms with E-state index >= 15 is 0 Å². The minimum atomic E-state index is -0.715. The smallest absolute Gasteiger partial charge is 0.325 e. The quantitative estimate of drug-likeness (QED) is 0.843. The Labute approximate surface area is 106 Å². The van der Waals surface area contributed by atoms with Gasteiger partial charge in [0.15, 0.2) is 0 Å². The topological polar surface area (TPSA) is 51.5 Å². The number of carbonyl (C=O) groups excluding carboxylic acids is 1. The molecular formula is C14H17NO3. The van der Waals surface area contributed by atoms with Crippen LogP contribution in [0.15, 0.2) is 34.9 Å². The van der Waals surface area contributed by atoms with Crippen LogP contribution in [0.2, 0.25) is 0 Å². The maximum atomic E-state index is 11.5. The zero-order chi connectivity index (χ0) is 13.2. The van der Waals surface area contributed by atoms with Gasteiger partial charge in [0, 0.05) is 17.5 Å². The summed E-state index contributed by atoms with van der Waals surface area (Å²) in [6.45, 7) is 4.14. The standard InChI is InChI=1S/C14H17NO3/c1-14(2,13(16)17-3)15-8-10-9-18-12-7-5-4-6-11(10)12/h4-7,9,15H,8H2,1-3H3. The molecule has 0 amide bonds. The van der Waals surface area contributed by atoms with Crippen LogP contribution in [-0.4, -0.2) is 18.6 Å². The lowest BCUT2D eigenvalue weighted by Gasteiger charge is -2.22. The highest BCUT2D eigenvalue weighted by Gasteiger charge is 2.28. The van der Waals surface area contributed by atoms with E-state index in [2.05, 4.69) is 5.32 Å². The van der Waals surface area contributed by atoms with Crippen molar-refractivity contribution in [1.82, 2.24) is 5.32 Å². The van der Waals surface area contributed by atoms with Gasteiger partial charge in [-0.1, -0.05) is 18.2 Å². The monoisotopic (exact) mass is 247 g/mol. The molecule has 0 unspecified atom stereocenters. The lowest BCUT2D eigenvalue weighted by Crippen LogP contribution is -2.46. The van der Waals surface area contributed by atoms with E-state index in [1.807, 2.05) is 24.3 Å². The number of carbonyl (C=O) groups is 1. The number of hydrogen-bond donors (Lipinski definition) is 1. The fraction of sp³-hybridized carbons (Fsp3) is 0.357. The van der Waals surface area contributed by atoms with E-state index in [4.69, 9.17) is 9.15 Å². The number of para-hydroxylation sites is 1. The maximum absolute atomic E-state index is 11.5. The molecule has 0 saturated heterocycles. The lowest BCUT2D eigenvalue weighted by molar-refractivity contribution is -0.147. The van der Waals surface area contributed by atoms with Crippen LogP contribution in [0.3, 0.4) is 0 Å². The number of hydrogen-bond acceptors (Lipinski definition) is 4. The second-order valence-corrected chi connectivity index (χ2v) is 4.73. The minimum absolute atomic E-state index is 0.282. The SMILES string of the molecule is COC(=O)C(C)(C)NCc1coc2ccccc12. The van der Waals surface area contributed by atoms with Gasteiger partial charge in [0.1, 0.15) is 11.1 Å². The van der Waals surface area contributed by atoms with E-state index in [1.165, 1.54) is 7.11 Å². The molecule has 0 saturated carbocycles. The fourth-order valence-corrected chi connectivity index (χ4v) is 1.81. The van der Waals surface area contributed by atoms with Crippen LogP contribution in [0.4, 0.5) is 0 Å². The van der Waals surface area contributed by atoms with Crippen LogP contribution < -0.4 is 5.32 Å². The molecule has 96 valence electrons. The highest BCUT2D eigenvalue weighted by atomic mass is 16.5. The van der Waals surface area contributed by atoms with Crippen molar-refractivity contribution in [2.75, 3.05) is 7.11 Å². The average Bonchev–Trinajstić information content (AvgIpc) is 2.78. The molecule has 1 aromatic heterocycles. The summed E-state index contributed by atoms with van der Waals surface area (Å²) in [6.07, 6.45) is 1.71. The number of nitrogens with one attached hydrogen (secondary N) is 1.